The molecular formula is C15H18F3NO4. The van der Waals surface area contributed by atoms with E-state index in [1.807, 2.05) is 0 Å². The van der Waals surface area contributed by atoms with Gasteiger partial charge in [0.2, 0.25) is 0 Å². The lowest BCUT2D eigenvalue weighted by Gasteiger charge is -2.31. The first-order chi connectivity index (χ1) is 10.4. The quantitative estimate of drug-likeness (QED) is 0.909. The summed E-state index contributed by atoms with van der Waals surface area (Å²) in [4.78, 5) is 24.1. The van der Waals surface area contributed by atoms with Crippen molar-refractivity contribution in [2.45, 2.75) is 45.0 Å². The Kier molecular flexibility index (Phi) is 5.63. The van der Waals surface area contributed by atoms with E-state index in [1.165, 1.54) is 45.0 Å². The molecule has 0 aromatic heterocycles. The highest BCUT2D eigenvalue weighted by atomic mass is 19.4. The number of rotatable bonds is 4. The summed E-state index contributed by atoms with van der Waals surface area (Å²) >= 11 is 0. The van der Waals surface area contributed by atoms with Crippen LogP contribution >= 0.6 is 0 Å². The standard InChI is InChI=1S/C15H18F3NO4/c1-14(2,3)23-13(22)19(10-7-5-4-6-8-10)11(12(20)21)9-15(16,17)18/h4-8,11H,9H2,1-3H3,(H,20,21)/t11-/m0/s1. The Bertz CT molecular complexity index is 552. The lowest BCUT2D eigenvalue weighted by molar-refractivity contribution is -0.156. The zero-order valence-corrected chi connectivity index (χ0v) is 12.9. The molecule has 1 atom stereocenters. The van der Waals surface area contributed by atoms with Crippen LogP contribution in [0.3, 0.4) is 0 Å². The van der Waals surface area contributed by atoms with Crippen LogP contribution in [0.15, 0.2) is 30.3 Å². The van der Waals surface area contributed by atoms with E-state index >= 15 is 0 Å². The number of carbonyl (C=O) groups excluding carboxylic acids is 1. The van der Waals surface area contributed by atoms with Crippen molar-refractivity contribution in [3.63, 3.8) is 0 Å². The molecule has 5 nitrogen and oxygen atoms in total. The molecule has 1 aromatic rings. The van der Waals surface area contributed by atoms with E-state index in [0.29, 0.717) is 4.90 Å². The minimum absolute atomic E-state index is 0.0124. The van der Waals surface area contributed by atoms with Crippen LogP contribution in [0.5, 0.6) is 0 Å². The maximum atomic E-state index is 12.7. The van der Waals surface area contributed by atoms with Crippen molar-refractivity contribution in [3.05, 3.63) is 30.3 Å². The first kappa shape index (κ1) is 18.8. The van der Waals surface area contributed by atoms with Crippen molar-refractivity contribution in [1.29, 1.82) is 0 Å². The number of hydrogen-bond donors (Lipinski definition) is 1. The summed E-state index contributed by atoms with van der Waals surface area (Å²) in [7, 11) is 0. The largest absolute Gasteiger partial charge is 0.480 e. The Morgan fingerprint density at radius 3 is 2.09 bits per heavy atom. The summed E-state index contributed by atoms with van der Waals surface area (Å²) in [5, 5.41) is 9.17. The molecule has 1 aromatic carbocycles. The molecule has 0 spiro atoms. The summed E-state index contributed by atoms with van der Waals surface area (Å²) < 4.78 is 43.2. The number of carboxylic acids is 1. The van der Waals surface area contributed by atoms with E-state index < -0.39 is 36.3 Å². The number of carbonyl (C=O) groups is 2. The van der Waals surface area contributed by atoms with Gasteiger partial charge in [-0.05, 0) is 32.9 Å². The zero-order valence-electron chi connectivity index (χ0n) is 12.9. The summed E-state index contributed by atoms with van der Waals surface area (Å²) in [5.74, 6) is -1.77. The normalized spacial score (nSPS) is 13.3. The van der Waals surface area contributed by atoms with E-state index in [4.69, 9.17) is 9.84 Å². The molecular weight excluding hydrogens is 315 g/mol. The number of aliphatic carboxylic acids is 1. The van der Waals surface area contributed by atoms with E-state index in [2.05, 4.69) is 0 Å². The average Bonchev–Trinajstić information content (AvgIpc) is 2.35. The molecule has 1 N–H and O–H groups in total. The Morgan fingerprint density at radius 1 is 1.17 bits per heavy atom. The summed E-state index contributed by atoms with van der Waals surface area (Å²) in [5.41, 5.74) is -0.968. The Morgan fingerprint density at radius 2 is 1.70 bits per heavy atom. The SMILES string of the molecule is CC(C)(C)OC(=O)N(c1ccccc1)[C@@H](CC(F)(F)F)C(=O)O. The van der Waals surface area contributed by atoms with E-state index in [1.54, 1.807) is 6.07 Å². The maximum absolute atomic E-state index is 12.7. The molecule has 0 aliphatic rings. The first-order valence-corrected chi connectivity index (χ1v) is 6.77. The van der Waals surface area contributed by atoms with Crippen LogP contribution in [0.1, 0.15) is 27.2 Å². The van der Waals surface area contributed by atoms with Gasteiger partial charge in [0.05, 0.1) is 6.42 Å². The Labute approximate surface area is 131 Å². The average molecular weight is 333 g/mol. The predicted octanol–water partition coefficient (Wildman–Crippen LogP) is 3.83. The second-order valence-electron chi connectivity index (χ2n) is 5.86. The monoisotopic (exact) mass is 333 g/mol. The minimum Gasteiger partial charge on any atom is -0.480 e. The number of alkyl halides is 3. The highest BCUT2D eigenvalue weighted by Crippen LogP contribution is 2.29. The fourth-order valence-electron chi connectivity index (χ4n) is 1.82. The minimum atomic E-state index is -4.75. The molecule has 0 unspecified atom stereocenters. The molecule has 1 amide bonds. The summed E-state index contributed by atoms with van der Waals surface area (Å²) in [6.45, 7) is 4.61. The van der Waals surface area contributed by atoms with Crippen molar-refractivity contribution in [2.75, 3.05) is 4.90 Å². The van der Waals surface area contributed by atoms with Gasteiger partial charge >= 0.3 is 18.2 Å². The molecule has 0 saturated carbocycles. The number of amides is 1. The molecule has 0 saturated heterocycles. The Hall–Kier alpha value is -2.25. The number of ether oxygens (including phenoxy) is 1. The van der Waals surface area contributed by atoms with E-state index in [-0.39, 0.29) is 5.69 Å². The van der Waals surface area contributed by atoms with Crippen LogP contribution in [0.4, 0.5) is 23.7 Å². The third-order valence-electron chi connectivity index (χ3n) is 2.65. The fraction of sp³-hybridized carbons (Fsp3) is 0.467. The van der Waals surface area contributed by atoms with Crippen molar-refractivity contribution in [2.24, 2.45) is 0 Å². The van der Waals surface area contributed by atoms with Crippen molar-refractivity contribution < 1.29 is 32.6 Å². The smallest absolute Gasteiger partial charge is 0.415 e. The van der Waals surface area contributed by atoms with Gasteiger partial charge in [-0.3, -0.25) is 4.90 Å². The molecule has 23 heavy (non-hydrogen) atoms. The molecule has 0 heterocycles. The van der Waals surface area contributed by atoms with Crippen molar-refractivity contribution >= 4 is 17.7 Å². The van der Waals surface area contributed by atoms with Gasteiger partial charge in [-0.25, -0.2) is 9.59 Å². The second kappa shape index (κ2) is 6.89. The molecule has 8 heteroatoms. The van der Waals surface area contributed by atoms with Crippen LogP contribution in [-0.4, -0.2) is 35.0 Å². The van der Waals surface area contributed by atoms with Crippen LogP contribution in [-0.2, 0) is 9.53 Å². The van der Waals surface area contributed by atoms with Gasteiger partial charge in [0, 0.05) is 5.69 Å². The zero-order chi connectivity index (χ0) is 17.8. The van der Waals surface area contributed by atoms with Gasteiger partial charge in [-0.2, -0.15) is 13.2 Å². The number of benzene rings is 1. The van der Waals surface area contributed by atoms with Gasteiger partial charge in [0.15, 0.2) is 0 Å². The van der Waals surface area contributed by atoms with Crippen molar-refractivity contribution in [1.82, 2.24) is 0 Å². The molecule has 0 aliphatic carbocycles. The molecule has 0 radical (unpaired) electrons. The second-order valence-corrected chi connectivity index (χ2v) is 5.86. The number of carboxylic acid groups (broad SMARTS) is 1. The highest BCUT2D eigenvalue weighted by Gasteiger charge is 2.42. The lowest BCUT2D eigenvalue weighted by Crippen LogP contribution is -2.49. The van der Waals surface area contributed by atoms with Gasteiger partial charge in [0.25, 0.3) is 0 Å². The first-order valence-electron chi connectivity index (χ1n) is 6.77. The third-order valence-corrected chi connectivity index (χ3v) is 2.65. The van der Waals surface area contributed by atoms with Gasteiger partial charge in [0.1, 0.15) is 11.6 Å². The van der Waals surface area contributed by atoms with Gasteiger partial charge in [-0.15, -0.1) is 0 Å². The van der Waals surface area contributed by atoms with Gasteiger partial charge in [-0.1, -0.05) is 18.2 Å². The predicted molar refractivity (Wildman–Crippen MR) is 77.3 cm³/mol. The number of nitrogens with zero attached hydrogens (tertiary/aromatic N) is 1. The molecule has 128 valence electrons. The van der Waals surface area contributed by atoms with Crippen LogP contribution in [0, 0.1) is 0 Å². The molecule has 1 rings (SSSR count). The molecule has 0 bridgehead atoms. The number of anilines is 1. The molecule has 0 aliphatic heterocycles. The third kappa shape index (κ3) is 6.17. The Balaban J connectivity index is 3.26. The van der Waals surface area contributed by atoms with Crippen LogP contribution in [0.25, 0.3) is 0 Å². The van der Waals surface area contributed by atoms with Gasteiger partial charge < -0.3 is 9.84 Å². The van der Waals surface area contributed by atoms with E-state index in [0.717, 1.165) is 0 Å². The molecule has 0 fully saturated rings. The van der Waals surface area contributed by atoms with E-state index in [9.17, 15) is 22.8 Å². The fourth-order valence-corrected chi connectivity index (χ4v) is 1.82. The topological polar surface area (TPSA) is 66.8 Å². The highest BCUT2D eigenvalue weighted by molar-refractivity contribution is 5.95. The van der Waals surface area contributed by atoms with Crippen LogP contribution in [0.2, 0.25) is 0 Å². The van der Waals surface area contributed by atoms with Crippen molar-refractivity contribution in [3.8, 4) is 0 Å². The summed E-state index contributed by atoms with van der Waals surface area (Å²) in [6.07, 6.45) is -7.59. The number of halogens is 3. The number of hydrogen-bond acceptors (Lipinski definition) is 3. The summed E-state index contributed by atoms with van der Waals surface area (Å²) in [6, 6.07) is 5.13. The maximum Gasteiger partial charge on any atom is 0.415 e. The van der Waals surface area contributed by atoms with Crippen LogP contribution < -0.4 is 4.90 Å². The lowest BCUT2D eigenvalue weighted by atomic mass is 10.1. The number of para-hydroxylation sites is 1.